The highest BCUT2D eigenvalue weighted by atomic mass is 79.9. The highest BCUT2D eigenvalue weighted by molar-refractivity contribution is 9.10. The minimum atomic E-state index is -1.06. The molecule has 2 aromatic rings. The molecule has 1 saturated carbocycles. The normalized spacial score (nSPS) is 18.0. The van der Waals surface area contributed by atoms with Crippen LogP contribution < -0.4 is 10.6 Å². The highest BCUT2D eigenvalue weighted by Gasteiger charge is 2.45. The molecule has 0 aliphatic heterocycles. The van der Waals surface area contributed by atoms with Crippen molar-refractivity contribution in [2.24, 2.45) is 12.0 Å². The fourth-order valence-corrected chi connectivity index (χ4v) is 3.91. The molecule has 1 aliphatic rings. The number of guanidine groups is 1. The van der Waals surface area contributed by atoms with E-state index in [9.17, 15) is 5.11 Å². The molecule has 3 N–H and O–H groups in total. The van der Waals surface area contributed by atoms with Crippen molar-refractivity contribution in [1.29, 1.82) is 0 Å². The van der Waals surface area contributed by atoms with Gasteiger partial charge in [0.05, 0.1) is 12.7 Å². The number of hydrogen-bond acceptors (Lipinski definition) is 3. The third-order valence-corrected chi connectivity index (χ3v) is 5.80. The summed E-state index contributed by atoms with van der Waals surface area (Å²) in [5, 5.41) is 21.6. The lowest BCUT2D eigenvalue weighted by atomic mass is 9.96. The first-order valence-corrected chi connectivity index (χ1v) is 10.1. The average Bonchev–Trinajstić information content (AvgIpc) is 3.29. The minimum Gasteiger partial charge on any atom is -0.383 e. The number of hydrogen-bond donors (Lipinski definition) is 3. The second-order valence-corrected chi connectivity index (χ2v) is 8.34. The van der Waals surface area contributed by atoms with Gasteiger partial charge in [0.25, 0.3) is 0 Å². The molecule has 3 rings (SSSR count). The molecule has 1 fully saturated rings. The van der Waals surface area contributed by atoms with Crippen molar-refractivity contribution >= 4 is 21.9 Å². The van der Waals surface area contributed by atoms with Gasteiger partial charge in [-0.25, -0.2) is 4.99 Å². The van der Waals surface area contributed by atoms with E-state index in [2.05, 4.69) is 54.9 Å². The lowest BCUT2D eigenvalue weighted by Gasteiger charge is -2.22. The second kappa shape index (κ2) is 8.02. The standard InChI is InChI=1S/C20H28BrN5O/c1-4-22-18(23-13-19(2,27)15-11-25-26(3)12-15)24-14-20(9-10-20)16-7-5-6-8-17(16)21/h5-8,11-12,27H,4,9-10,13-14H2,1-3H3,(H2,22,23,24). The van der Waals surface area contributed by atoms with E-state index in [4.69, 9.17) is 0 Å². The van der Waals surface area contributed by atoms with Crippen molar-refractivity contribution in [2.75, 3.05) is 19.6 Å². The minimum absolute atomic E-state index is 0.155. The number of nitrogens with zero attached hydrogens (tertiary/aromatic N) is 3. The van der Waals surface area contributed by atoms with Crippen molar-refractivity contribution < 1.29 is 5.11 Å². The molecule has 0 bridgehead atoms. The molecule has 1 aromatic carbocycles. The monoisotopic (exact) mass is 433 g/mol. The first kappa shape index (κ1) is 19.9. The summed E-state index contributed by atoms with van der Waals surface area (Å²) in [5.41, 5.74) is 1.20. The zero-order valence-electron chi connectivity index (χ0n) is 16.2. The van der Waals surface area contributed by atoms with Crippen LogP contribution in [-0.4, -0.2) is 40.5 Å². The summed E-state index contributed by atoms with van der Waals surface area (Å²) < 4.78 is 2.84. The number of rotatable bonds is 7. The van der Waals surface area contributed by atoms with Crippen LogP contribution >= 0.6 is 15.9 Å². The first-order valence-electron chi connectivity index (χ1n) is 9.35. The Balaban J connectivity index is 1.67. The number of aryl methyl sites for hydroxylation is 1. The number of halogens is 1. The van der Waals surface area contributed by atoms with Gasteiger partial charge >= 0.3 is 0 Å². The predicted molar refractivity (Wildman–Crippen MR) is 112 cm³/mol. The summed E-state index contributed by atoms with van der Waals surface area (Å²) in [4.78, 5) is 4.61. The molecule has 27 heavy (non-hydrogen) atoms. The van der Waals surface area contributed by atoms with Gasteiger partial charge in [0, 0.05) is 41.8 Å². The SMILES string of the molecule is CCNC(=NCC(C)(O)c1cnn(C)c1)NCC1(c2ccccc2Br)CC1. The maximum Gasteiger partial charge on any atom is 0.191 e. The number of aromatic nitrogens is 2. The summed E-state index contributed by atoms with van der Waals surface area (Å²) in [7, 11) is 1.84. The van der Waals surface area contributed by atoms with E-state index in [0.29, 0.717) is 0 Å². The van der Waals surface area contributed by atoms with Gasteiger partial charge in [0.2, 0.25) is 0 Å². The third-order valence-electron chi connectivity index (χ3n) is 5.11. The van der Waals surface area contributed by atoms with E-state index < -0.39 is 5.60 Å². The van der Waals surface area contributed by atoms with Crippen molar-refractivity contribution in [3.8, 4) is 0 Å². The Morgan fingerprint density at radius 3 is 2.70 bits per heavy atom. The molecule has 7 heteroatoms. The lowest BCUT2D eigenvalue weighted by Crippen LogP contribution is -2.42. The van der Waals surface area contributed by atoms with Crippen molar-refractivity contribution in [2.45, 2.75) is 37.7 Å². The van der Waals surface area contributed by atoms with Gasteiger partial charge in [-0.1, -0.05) is 34.1 Å². The summed E-state index contributed by atoms with van der Waals surface area (Å²) in [5.74, 6) is 0.722. The largest absolute Gasteiger partial charge is 0.383 e. The first-order chi connectivity index (χ1) is 12.9. The lowest BCUT2D eigenvalue weighted by molar-refractivity contribution is 0.0672. The molecule has 1 aliphatic carbocycles. The Morgan fingerprint density at radius 2 is 2.11 bits per heavy atom. The van der Waals surface area contributed by atoms with Crippen LogP contribution in [0.3, 0.4) is 0 Å². The maximum absolute atomic E-state index is 10.7. The van der Waals surface area contributed by atoms with Crippen LogP contribution in [0.25, 0.3) is 0 Å². The van der Waals surface area contributed by atoms with Crippen LogP contribution in [-0.2, 0) is 18.1 Å². The van der Waals surface area contributed by atoms with E-state index >= 15 is 0 Å². The van der Waals surface area contributed by atoms with Crippen molar-refractivity contribution in [1.82, 2.24) is 20.4 Å². The number of aliphatic hydroxyl groups is 1. The fourth-order valence-electron chi connectivity index (χ4n) is 3.20. The quantitative estimate of drug-likeness (QED) is 0.463. The zero-order valence-corrected chi connectivity index (χ0v) is 17.8. The van der Waals surface area contributed by atoms with Crippen molar-refractivity contribution in [3.63, 3.8) is 0 Å². The Labute approximate surface area is 169 Å². The van der Waals surface area contributed by atoms with Gasteiger partial charge in [-0.15, -0.1) is 0 Å². The predicted octanol–water partition coefficient (Wildman–Crippen LogP) is 2.68. The van der Waals surface area contributed by atoms with E-state index in [1.807, 2.05) is 26.2 Å². The van der Waals surface area contributed by atoms with Crippen LogP contribution in [0.1, 0.15) is 37.8 Å². The van der Waals surface area contributed by atoms with Gasteiger partial charge in [0.15, 0.2) is 5.96 Å². The highest BCUT2D eigenvalue weighted by Crippen LogP contribution is 2.49. The Morgan fingerprint density at radius 1 is 1.37 bits per heavy atom. The van der Waals surface area contributed by atoms with Gasteiger partial charge in [-0.2, -0.15) is 5.10 Å². The number of nitrogens with one attached hydrogen (secondary N) is 2. The van der Waals surface area contributed by atoms with Crippen LogP contribution in [0.15, 0.2) is 46.1 Å². The number of benzene rings is 1. The summed E-state index contributed by atoms with van der Waals surface area (Å²) in [6, 6.07) is 8.42. The van der Waals surface area contributed by atoms with Crippen molar-refractivity contribution in [3.05, 3.63) is 52.3 Å². The van der Waals surface area contributed by atoms with E-state index in [1.165, 1.54) is 5.56 Å². The summed E-state index contributed by atoms with van der Waals surface area (Å²) in [6.45, 7) is 5.65. The van der Waals surface area contributed by atoms with Crippen LogP contribution in [0, 0.1) is 0 Å². The molecule has 146 valence electrons. The Bertz CT molecular complexity index is 810. The van der Waals surface area contributed by atoms with E-state index in [-0.39, 0.29) is 12.0 Å². The molecule has 1 aromatic heterocycles. The summed E-state index contributed by atoms with van der Waals surface area (Å²) in [6.07, 6.45) is 5.83. The topological polar surface area (TPSA) is 74.5 Å². The molecule has 1 unspecified atom stereocenters. The third kappa shape index (κ3) is 4.71. The number of aliphatic imine (C=N–C) groups is 1. The molecular formula is C20H28BrN5O. The summed E-state index contributed by atoms with van der Waals surface area (Å²) >= 11 is 3.68. The molecule has 0 radical (unpaired) electrons. The average molecular weight is 434 g/mol. The molecule has 1 atom stereocenters. The second-order valence-electron chi connectivity index (χ2n) is 7.49. The molecule has 0 amide bonds. The van der Waals surface area contributed by atoms with Gasteiger partial charge in [0.1, 0.15) is 5.60 Å². The molecule has 0 saturated heterocycles. The van der Waals surface area contributed by atoms with Gasteiger partial charge < -0.3 is 15.7 Å². The van der Waals surface area contributed by atoms with Crippen LogP contribution in [0.4, 0.5) is 0 Å². The molecule has 1 heterocycles. The maximum atomic E-state index is 10.7. The molecule has 6 nitrogen and oxygen atoms in total. The van der Waals surface area contributed by atoms with E-state index in [1.54, 1.807) is 17.8 Å². The van der Waals surface area contributed by atoms with E-state index in [0.717, 1.165) is 41.9 Å². The van der Waals surface area contributed by atoms with Gasteiger partial charge in [-0.05, 0) is 38.3 Å². The smallest absolute Gasteiger partial charge is 0.191 e. The Kier molecular flexibility index (Phi) is 5.91. The zero-order chi connectivity index (χ0) is 19.5. The fraction of sp³-hybridized carbons (Fsp3) is 0.500. The van der Waals surface area contributed by atoms with Crippen LogP contribution in [0.2, 0.25) is 0 Å². The van der Waals surface area contributed by atoms with Gasteiger partial charge in [-0.3, -0.25) is 4.68 Å². The molecular weight excluding hydrogens is 406 g/mol. The Hall–Kier alpha value is -1.86. The van der Waals surface area contributed by atoms with Crippen LogP contribution in [0.5, 0.6) is 0 Å². The molecule has 0 spiro atoms.